The predicted octanol–water partition coefficient (Wildman–Crippen LogP) is 1.30. The van der Waals surface area contributed by atoms with Crippen LogP contribution in [0.25, 0.3) is 0 Å². The Morgan fingerprint density at radius 3 is 2.42 bits per heavy atom. The van der Waals surface area contributed by atoms with Crippen LogP contribution in [0.2, 0.25) is 0 Å². The number of aromatic nitrogens is 1. The Hall–Kier alpha value is -1.09. The van der Waals surface area contributed by atoms with Gasteiger partial charge >= 0.3 is 0 Å². The molecule has 1 aromatic heterocycles. The van der Waals surface area contributed by atoms with Crippen LogP contribution in [0.15, 0.2) is 24.4 Å². The number of hydrogen-bond donors (Lipinski definition) is 1. The molecular formula is C17H23NO6. The second-order valence-electron chi connectivity index (χ2n) is 7.38. The minimum absolute atomic E-state index is 0.359. The Kier molecular flexibility index (Phi) is 3.55. The summed E-state index contributed by atoms with van der Waals surface area (Å²) in [5, 5.41) is 11.2. The van der Waals surface area contributed by atoms with Crippen molar-refractivity contribution in [3.63, 3.8) is 0 Å². The maximum Gasteiger partial charge on any atom is 0.240 e. The van der Waals surface area contributed by atoms with Crippen molar-refractivity contribution in [2.75, 3.05) is 6.61 Å². The van der Waals surface area contributed by atoms with Gasteiger partial charge in [0.25, 0.3) is 0 Å². The molecule has 24 heavy (non-hydrogen) atoms. The van der Waals surface area contributed by atoms with Crippen LogP contribution in [0.3, 0.4) is 0 Å². The summed E-state index contributed by atoms with van der Waals surface area (Å²) >= 11 is 0. The van der Waals surface area contributed by atoms with Gasteiger partial charge in [0.15, 0.2) is 11.6 Å². The highest BCUT2D eigenvalue weighted by Gasteiger charge is 2.66. The molecule has 1 N–H and O–H groups in total. The van der Waals surface area contributed by atoms with Crippen LogP contribution in [0.5, 0.6) is 0 Å². The van der Waals surface area contributed by atoms with Gasteiger partial charge in [0.2, 0.25) is 5.79 Å². The molecule has 0 bridgehead atoms. The predicted molar refractivity (Wildman–Crippen MR) is 81.7 cm³/mol. The molecule has 1 aromatic rings. The number of pyridine rings is 1. The first-order chi connectivity index (χ1) is 11.2. The Balaban J connectivity index is 1.68. The topological polar surface area (TPSA) is 79.3 Å². The third-order valence-electron chi connectivity index (χ3n) is 4.58. The highest BCUT2D eigenvalue weighted by molar-refractivity contribution is 5.18. The van der Waals surface area contributed by atoms with Crippen molar-refractivity contribution in [1.29, 1.82) is 0 Å². The van der Waals surface area contributed by atoms with Gasteiger partial charge in [-0.25, -0.2) is 0 Å². The smallest absolute Gasteiger partial charge is 0.240 e. The summed E-state index contributed by atoms with van der Waals surface area (Å²) in [5.74, 6) is -3.21. The van der Waals surface area contributed by atoms with Crippen LogP contribution < -0.4 is 0 Å². The number of hydrogen-bond acceptors (Lipinski definition) is 7. The molecule has 5 atom stereocenters. The number of ether oxygens (including phenoxy) is 5. The minimum atomic E-state index is -1.69. The third kappa shape index (κ3) is 2.56. The molecule has 0 aromatic carbocycles. The van der Waals surface area contributed by atoms with Gasteiger partial charge in [0.05, 0.1) is 6.61 Å². The molecule has 7 heteroatoms. The third-order valence-corrected chi connectivity index (χ3v) is 4.58. The highest BCUT2D eigenvalue weighted by Crippen LogP contribution is 2.49. The van der Waals surface area contributed by atoms with E-state index in [0.29, 0.717) is 12.3 Å². The molecule has 3 saturated heterocycles. The summed E-state index contributed by atoms with van der Waals surface area (Å²) in [6, 6.07) is 5.29. The van der Waals surface area contributed by atoms with Gasteiger partial charge in [-0.3, -0.25) is 4.98 Å². The number of aliphatic hydroxyl groups is 1. The second kappa shape index (κ2) is 5.20. The van der Waals surface area contributed by atoms with E-state index in [1.807, 2.05) is 27.7 Å². The molecule has 0 amide bonds. The molecular weight excluding hydrogens is 314 g/mol. The highest BCUT2D eigenvalue weighted by atomic mass is 16.8. The molecule has 0 unspecified atom stereocenters. The van der Waals surface area contributed by atoms with Gasteiger partial charge in [0.1, 0.15) is 30.1 Å². The van der Waals surface area contributed by atoms with E-state index in [9.17, 15) is 5.11 Å². The SMILES string of the molecule is CC1(C)OC[C@H]([C@H]2O[C@@](O)(c3ccccn3)[C@H]3OC(C)(C)O[C@@H]23)O1. The zero-order valence-corrected chi connectivity index (χ0v) is 14.3. The van der Waals surface area contributed by atoms with Crippen molar-refractivity contribution in [3.05, 3.63) is 30.1 Å². The average molecular weight is 337 g/mol. The number of fused-ring (bicyclic) bond motifs is 1. The summed E-state index contributed by atoms with van der Waals surface area (Å²) in [6.45, 7) is 7.69. The average Bonchev–Trinajstić information content (AvgIpc) is 3.12. The molecule has 0 aliphatic carbocycles. The van der Waals surface area contributed by atoms with Crippen molar-refractivity contribution in [2.24, 2.45) is 0 Å². The molecule has 7 nitrogen and oxygen atoms in total. The summed E-state index contributed by atoms with van der Waals surface area (Å²) in [7, 11) is 0. The second-order valence-corrected chi connectivity index (χ2v) is 7.38. The van der Waals surface area contributed by atoms with Crippen molar-refractivity contribution in [2.45, 2.75) is 69.5 Å². The van der Waals surface area contributed by atoms with E-state index in [-0.39, 0.29) is 6.10 Å². The Morgan fingerprint density at radius 2 is 1.79 bits per heavy atom. The Bertz CT molecular complexity index is 621. The van der Waals surface area contributed by atoms with E-state index < -0.39 is 35.7 Å². The zero-order chi connectivity index (χ0) is 17.2. The fourth-order valence-electron chi connectivity index (χ4n) is 3.62. The first-order valence-electron chi connectivity index (χ1n) is 8.19. The van der Waals surface area contributed by atoms with Crippen LogP contribution in [-0.2, 0) is 29.5 Å². The number of nitrogens with zero attached hydrogens (tertiary/aromatic N) is 1. The molecule has 0 radical (unpaired) electrons. The first kappa shape index (κ1) is 16.4. The summed E-state index contributed by atoms with van der Waals surface area (Å²) < 4.78 is 29.5. The monoisotopic (exact) mass is 337 g/mol. The van der Waals surface area contributed by atoms with E-state index >= 15 is 0 Å². The lowest BCUT2D eigenvalue weighted by atomic mass is 10.00. The van der Waals surface area contributed by atoms with Gasteiger partial charge in [-0.1, -0.05) is 6.07 Å². The van der Waals surface area contributed by atoms with Gasteiger partial charge in [-0.05, 0) is 39.8 Å². The molecule has 0 saturated carbocycles. The van der Waals surface area contributed by atoms with Crippen molar-refractivity contribution in [1.82, 2.24) is 4.98 Å². The van der Waals surface area contributed by atoms with Crippen LogP contribution in [0.4, 0.5) is 0 Å². The van der Waals surface area contributed by atoms with Crippen LogP contribution in [0, 0.1) is 0 Å². The fourth-order valence-corrected chi connectivity index (χ4v) is 3.62. The van der Waals surface area contributed by atoms with Crippen LogP contribution in [-0.4, -0.2) is 52.7 Å². The molecule has 3 fully saturated rings. The standard InChI is InChI=1S/C17H23NO6/c1-15(2)20-9-10(21-15)12-13-14(24-16(3,4)22-13)17(19,23-12)11-7-5-6-8-18-11/h5-8,10,12-14,19H,9H2,1-4H3/t10-,12-,13+,14+,17+/m1/s1. The Labute approximate surface area is 140 Å². The quantitative estimate of drug-likeness (QED) is 0.871. The summed E-state index contributed by atoms with van der Waals surface area (Å²) in [4.78, 5) is 4.25. The first-order valence-corrected chi connectivity index (χ1v) is 8.19. The van der Waals surface area contributed by atoms with E-state index in [2.05, 4.69) is 4.98 Å². The normalized spacial score (nSPS) is 43.0. The maximum absolute atomic E-state index is 11.2. The minimum Gasteiger partial charge on any atom is -0.359 e. The van der Waals surface area contributed by atoms with Gasteiger partial charge in [-0.2, -0.15) is 0 Å². The summed E-state index contributed by atoms with van der Waals surface area (Å²) in [6.07, 6.45) is -0.444. The molecule has 132 valence electrons. The molecule has 3 aliphatic rings. The van der Waals surface area contributed by atoms with Crippen LogP contribution in [0.1, 0.15) is 33.4 Å². The number of rotatable bonds is 2. The lowest BCUT2D eigenvalue weighted by Gasteiger charge is -2.30. The van der Waals surface area contributed by atoms with Crippen molar-refractivity contribution >= 4 is 0 Å². The Morgan fingerprint density at radius 1 is 1.00 bits per heavy atom. The van der Waals surface area contributed by atoms with Gasteiger partial charge in [-0.15, -0.1) is 0 Å². The van der Waals surface area contributed by atoms with Crippen molar-refractivity contribution in [3.8, 4) is 0 Å². The van der Waals surface area contributed by atoms with Gasteiger partial charge in [0, 0.05) is 6.20 Å². The lowest BCUT2D eigenvalue weighted by molar-refractivity contribution is -0.293. The van der Waals surface area contributed by atoms with Crippen LogP contribution >= 0.6 is 0 Å². The zero-order valence-electron chi connectivity index (χ0n) is 14.3. The molecule has 4 heterocycles. The molecule has 0 spiro atoms. The van der Waals surface area contributed by atoms with E-state index in [1.165, 1.54) is 0 Å². The van der Waals surface area contributed by atoms with E-state index in [1.54, 1.807) is 24.4 Å². The summed E-state index contributed by atoms with van der Waals surface area (Å²) in [5.41, 5.74) is 0.391. The lowest BCUT2D eigenvalue weighted by Crippen LogP contribution is -2.41. The molecule has 3 aliphatic heterocycles. The largest absolute Gasteiger partial charge is 0.359 e. The van der Waals surface area contributed by atoms with E-state index in [4.69, 9.17) is 23.7 Å². The van der Waals surface area contributed by atoms with Gasteiger partial charge < -0.3 is 28.8 Å². The maximum atomic E-state index is 11.2. The van der Waals surface area contributed by atoms with E-state index in [0.717, 1.165) is 0 Å². The fraction of sp³-hybridized carbons (Fsp3) is 0.706. The molecule has 4 rings (SSSR count). The van der Waals surface area contributed by atoms with Crippen molar-refractivity contribution < 1.29 is 28.8 Å².